The quantitative estimate of drug-likeness (QED) is 0.779. The van der Waals surface area contributed by atoms with Crippen LogP contribution >= 0.6 is 11.3 Å². The minimum atomic E-state index is -0.250. The lowest BCUT2D eigenvalue weighted by Crippen LogP contribution is -2.34. The van der Waals surface area contributed by atoms with Gasteiger partial charge in [-0.05, 0) is 44.4 Å². The molecule has 1 aliphatic heterocycles. The molecule has 1 atom stereocenters. The Hall–Kier alpha value is -1.73. The van der Waals surface area contributed by atoms with Crippen molar-refractivity contribution in [2.45, 2.75) is 44.2 Å². The highest BCUT2D eigenvalue weighted by Crippen LogP contribution is 2.38. The van der Waals surface area contributed by atoms with Gasteiger partial charge in [0.05, 0.1) is 7.11 Å². The van der Waals surface area contributed by atoms with Gasteiger partial charge in [0.25, 0.3) is 0 Å². The number of rotatable bonds is 5. The minimum Gasteiger partial charge on any atom is -0.465 e. The Bertz CT molecular complexity index is 722. The maximum atomic E-state index is 11.6. The number of aromatic nitrogens is 3. The fraction of sp³-hybridized carbons (Fsp3) is 0.588. The first-order valence-electron chi connectivity index (χ1n) is 8.53. The third kappa shape index (κ3) is 3.23. The number of nitrogens with zero attached hydrogens (tertiary/aromatic N) is 4. The number of hydrogen-bond acceptors (Lipinski definition) is 6. The lowest BCUT2D eigenvalue weighted by atomic mass is 9.97. The molecule has 2 aromatic rings. The van der Waals surface area contributed by atoms with E-state index in [0.717, 1.165) is 25.5 Å². The summed E-state index contributed by atoms with van der Waals surface area (Å²) in [4.78, 5) is 15.9. The highest BCUT2D eigenvalue weighted by molar-refractivity contribution is 7.13. The van der Waals surface area contributed by atoms with Crippen LogP contribution in [0.5, 0.6) is 0 Å². The third-order valence-electron chi connectivity index (χ3n) is 4.84. The number of methoxy groups -OCH3 is 1. The monoisotopic (exact) mass is 346 g/mol. The van der Waals surface area contributed by atoms with Crippen molar-refractivity contribution in [1.82, 2.24) is 19.7 Å². The van der Waals surface area contributed by atoms with Crippen molar-refractivity contribution in [3.8, 4) is 0 Å². The topological polar surface area (TPSA) is 60.2 Å². The van der Waals surface area contributed by atoms with E-state index in [0.29, 0.717) is 16.8 Å². The van der Waals surface area contributed by atoms with Crippen LogP contribution in [0.2, 0.25) is 0 Å². The number of carbonyl (C=O) groups is 1. The Kier molecular flexibility index (Phi) is 4.37. The number of ether oxygens (including phenoxy) is 1. The van der Waals surface area contributed by atoms with E-state index in [1.165, 1.54) is 49.0 Å². The van der Waals surface area contributed by atoms with Gasteiger partial charge < -0.3 is 9.30 Å². The van der Waals surface area contributed by atoms with Crippen molar-refractivity contribution in [3.05, 3.63) is 34.0 Å². The van der Waals surface area contributed by atoms with Crippen LogP contribution in [-0.4, -0.2) is 45.8 Å². The summed E-state index contributed by atoms with van der Waals surface area (Å²) in [5, 5.41) is 8.55. The summed E-state index contributed by atoms with van der Waals surface area (Å²) < 4.78 is 7.07. The van der Waals surface area contributed by atoms with E-state index >= 15 is 0 Å². The first kappa shape index (κ1) is 15.8. The van der Waals surface area contributed by atoms with Crippen LogP contribution in [0.4, 0.5) is 0 Å². The molecule has 24 heavy (non-hydrogen) atoms. The molecule has 1 unspecified atom stereocenters. The van der Waals surface area contributed by atoms with E-state index < -0.39 is 0 Å². The molecule has 4 rings (SSSR count). The zero-order chi connectivity index (χ0) is 16.5. The smallest absolute Gasteiger partial charge is 0.348 e. The van der Waals surface area contributed by atoms with Gasteiger partial charge in [-0.2, -0.15) is 0 Å². The van der Waals surface area contributed by atoms with Crippen molar-refractivity contribution in [2.75, 3.05) is 20.2 Å². The van der Waals surface area contributed by atoms with E-state index in [4.69, 9.17) is 4.74 Å². The molecule has 0 radical (unpaired) electrons. The Morgan fingerprint density at radius 3 is 3.04 bits per heavy atom. The van der Waals surface area contributed by atoms with Gasteiger partial charge in [-0.3, -0.25) is 4.90 Å². The first-order chi connectivity index (χ1) is 11.7. The number of carbonyl (C=O) groups excluding carboxylic acids is 1. The Morgan fingerprint density at radius 1 is 1.38 bits per heavy atom. The van der Waals surface area contributed by atoms with Crippen molar-refractivity contribution < 1.29 is 9.53 Å². The van der Waals surface area contributed by atoms with Gasteiger partial charge >= 0.3 is 5.97 Å². The van der Waals surface area contributed by atoms with Crippen LogP contribution < -0.4 is 0 Å². The Balaban J connectivity index is 1.42. The second-order valence-corrected chi connectivity index (χ2v) is 7.83. The van der Waals surface area contributed by atoms with Gasteiger partial charge in [-0.15, -0.1) is 21.5 Å². The molecule has 3 heterocycles. The SMILES string of the molecule is COC(=O)c1ccc(CN2CCCC(c3nncn3C3CC3)C2)s1. The standard InChI is InChI=1S/C17H22N4O2S/c1-23-17(22)15-7-6-14(24-15)10-20-8-2-3-12(9-20)16-19-18-11-21(16)13-4-5-13/h6-7,11-13H,2-5,8-10H2,1H3. The molecule has 0 N–H and O–H groups in total. The minimum absolute atomic E-state index is 0.250. The molecule has 6 nitrogen and oxygen atoms in total. The highest BCUT2D eigenvalue weighted by atomic mass is 32.1. The van der Waals surface area contributed by atoms with Gasteiger partial charge in [-0.25, -0.2) is 4.79 Å². The average Bonchev–Trinajstić information content (AvgIpc) is 3.15. The molecule has 1 aliphatic carbocycles. The fourth-order valence-electron chi connectivity index (χ4n) is 3.48. The summed E-state index contributed by atoms with van der Waals surface area (Å²) in [5.74, 6) is 1.37. The molecule has 1 saturated heterocycles. The lowest BCUT2D eigenvalue weighted by Gasteiger charge is -2.32. The molecule has 2 aliphatic rings. The summed E-state index contributed by atoms with van der Waals surface area (Å²) in [7, 11) is 1.42. The largest absolute Gasteiger partial charge is 0.465 e. The van der Waals surface area contributed by atoms with Crippen LogP contribution in [0.1, 0.15) is 58.0 Å². The Morgan fingerprint density at radius 2 is 2.25 bits per heavy atom. The third-order valence-corrected chi connectivity index (χ3v) is 5.89. The number of piperidine rings is 1. The number of hydrogen-bond donors (Lipinski definition) is 0. The van der Waals surface area contributed by atoms with Crippen LogP contribution in [0, 0.1) is 0 Å². The van der Waals surface area contributed by atoms with Gasteiger partial charge in [0.15, 0.2) is 0 Å². The maximum absolute atomic E-state index is 11.6. The van der Waals surface area contributed by atoms with Gasteiger partial charge in [0.2, 0.25) is 0 Å². The highest BCUT2D eigenvalue weighted by Gasteiger charge is 2.31. The predicted octanol–water partition coefficient (Wildman–Crippen LogP) is 2.84. The molecule has 7 heteroatoms. The van der Waals surface area contributed by atoms with Crippen molar-refractivity contribution in [1.29, 1.82) is 0 Å². The van der Waals surface area contributed by atoms with Crippen molar-refractivity contribution in [2.24, 2.45) is 0 Å². The molecule has 1 saturated carbocycles. The van der Waals surface area contributed by atoms with Crippen molar-refractivity contribution in [3.63, 3.8) is 0 Å². The predicted molar refractivity (Wildman–Crippen MR) is 91.2 cm³/mol. The lowest BCUT2D eigenvalue weighted by molar-refractivity contribution is 0.0606. The maximum Gasteiger partial charge on any atom is 0.348 e. The van der Waals surface area contributed by atoms with Crippen LogP contribution in [0.3, 0.4) is 0 Å². The summed E-state index contributed by atoms with van der Waals surface area (Å²) >= 11 is 1.53. The van der Waals surface area contributed by atoms with Gasteiger partial charge in [0, 0.05) is 29.9 Å². The van der Waals surface area contributed by atoms with Gasteiger partial charge in [0.1, 0.15) is 17.0 Å². The molecule has 0 spiro atoms. The van der Waals surface area contributed by atoms with E-state index in [-0.39, 0.29) is 5.97 Å². The van der Waals surface area contributed by atoms with E-state index in [1.807, 2.05) is 18.5 Å². The first-order valence-corrected chi connectivity index (χ1v) is 9.35. The molecular weight excluding hydrogens is 324 g/mol. The van der Waals surface area contributed by atoms with Crippen molar-refractivity contribution >= 4 is 17.3 Å². The molecule has 0 amide bonds. The second kappa shape index (κ2) is 6.64. The van der Waals surface area contributed by atoms with Crippen LogP contribution in [0.25, 0.3) is 0 Å². The van der Waals surface area contributed by atoms with Crippen LogP contribution in [-0.2, 0) is 11.3 Å². The van der Waals surface area contributed by atoms with E-state index in [1.54, 1.807) is 0 Å². The molecular formula is C17H22N4O2S. The van der Waals surface area contributed by atoms with E-state index in [2.05, 4.69) is 19.7 Å². The molecule has 2 fully saturated rings. The zero-order valence-corrected chi connectivity index (χ0v) is 14.7. The zero-order valence-electron chi connectivity index (χ0n) is 13.9. The summed E-state index contributed by atoms with van der Waals surface area (Å²) in [6.07, 6.45) is 6.77. The van der Waals surface area contributed by atoms with Crippen LogP contribution in [0.15, 0.2) is 18.5 Å². The molecule has 0 bridgehead atoms. The van der Waals surface area contributed by atoms with E-state index in [9.17, 15) is 4.79 Å². The normalized spacial score (nSPS) is 21.8. The number of esters is 1. The summed E-state index contributed by atoms with van der Waals surface area (Å²) in [6.45, 7) is 2.99. The molecule has 128 valence electrons. The summed E-state index contributed by atoms with van der Waals surface area (Å²) in [6, 6.07) is 4.52. The molecule has 0 aromatic carbocycles. The number of thiophene rings is 1. The van der Waals surface area contributed by atoms with Gasteiger partial charge in [-0.1, -0.05) is 0 Å². The fourth-order valence-corrected chi connectivity index (χ4v) is 4.45. The average molecular weight is 346 g/mol. The second-order valence-electron chi connectivity index (χ2n) is 6.66. The molecule has 2 aromatic heterocycles. The Labute approximate surface area is 145 Å². The summed E-state index contributed by atoms with van der Waals surface area (Å²) in [5.41, 5.74) is 0. The number of likely N-dealkylation sites (tertiary alicyclic amines) is 1.